The van der Waals surface area contributed by atoms with E-state index >= 15 is 0 Å². The standard InChI is InChI=1S/C10H15N3O2/c1-4-7(2)12-9-6-11-5-8(13-9)10(14)15-3/h5-7H,4H2,1-3H3,(H,12,13). The second-order valence-electron chi connectivity index (χ2n) is 3.23. The summed E-state index contributed by atoms with van der Waals surface area (Å²) in [6.07, 6.45) is 3.94. The van der Waals surface area contributed by atoms with Crippen LogP contribution >= 0.6 is 0 Å². The minimum atomic E-state index is -0.477. The van der Waals surface area contributed by atoms with Crippen LogP contribution in [0.25, 0.3) is 0 Å². The minimum absolute atomic E-state index is 0.214. The molecule has 0 fully saturated rings. The predicted octanol–water partition coefficient (Wildman–Crippen LogP) is 1.47. The zero-order valence-electron chi connectivity index (χ0n) is 9.15. The molecule has 1 atom stereocenters. The monoisotopic (exact) mass is 209 g/mol. The first-order valence-electron chi connectivity index (χ1n) is 4.84. The van der Waals surface area contributed by atoms with Gasteiger partial charge in [-0.1, -0.05) is 6.92 Å². The van der Waals surface area contributed by atoms with Crippen molar-refractivity contribution >= 4 is 11.8 Å². The molecular weight excluding hydrogens is 194 g/mol. The van der Waals surface area contributed by atoms with Crippen LogP contribution in [0.2, 0.25) is 0 Å². The van der Waals surface area contributed by atoms with E-state index < -0.39 is 5.97 Å². The van der Waals surface area contributed by atoms with Gasteiger partial charge in [-0.3, -0.25) is 4.98 Å². The largest absolute Gasteiger partial charge is 0.464 e. The van der Waals surface area contributed by atoms with Gasteiger partial charge >= 0.3 is 5.97 Å². The summed E-state index contributed by atoms with van der Waals surface area (Å²) in [5.74, 6) is 0.113. The van der Waals surface area contributed by atoms with Gasteiger partial charge in [0, 0.05) is 6.04 Å². The van der Waals surface area contributed by atoms with E-state index in [4.69, 9.17) is 0 Å². The van der Waals surface area contributed by atoms with Crippen LogP contribution in [0.1, 0.15) is 30.8 Å². The lowest BCUT2D eigenvalue weighted by Gasteiger charge is -2.11. The summed E-state index contributed by atoms with van der Waals surface area (Å²) in [5.41, 5.74) is 0.214. The van der Waals surface area contributed by atoms with Gasteiger partial charge in [0.25, 0.3) is 0 Å². The number of carbonyl (C=O) groups is 1. The zero-order chi connectivity index (χ0) is 11.3. The average molecular weight is 209 g/mol. The highest BCUT2D eigenvalue weighted by Crippen LogP contribution is 2.06. The number of nitrogens with one attached hydrogen (secondary N) is 1. The molecule has 15 heavy (non-hydrogen) atoms. The number of hydrogen-bond donors (Lipinski definition) is 1. The topological polar surface area (TPSA) is 64.1 Å². The van der Waals surface area contributed by atoms with Gasteiger partial charge in [0.1, 0.15) is 5.82 Å². The Hall–Kier alpha value is -1.65. The van der Waals surface area contributed by atoms with E-state index in [1.54, 1.807) is 6.20 Å². The van der Waals surface area contributed by atoms with Crippen molar-refractivity contribution < 1.29 is 9.53 Å². The van der Waals surface area contributed by atoms with E-state index in [2.05, 4.69) is 26.9 Å². The lowest BCUT2D eigenvalue weighted by atomic mass is 10.3. The molecule has 0 aliphatic carbocycles. The zero-order valence-corrected chi connectivity index (χ0v) is 9.15. The van der Waals surface area contributed by atoms with Crippen molar-refractivity contribution in [1.29, 1.82) is 0 Å². The van der Waals surface area contributed by atoms with Crippen molar-refractivity contribution in [2.75, 3.05) is 12.4 Å². The minimum Gasteiger partial charge on any atom is -0.464 e. The molecule has 0 bridgehead atoms. The van der Waals surface area contributed by atoms with E-state index in [0.717, 1.165) is 6.42 Å². The SMILES string of the molecule is CCC(C)Nc1cncc(C(=O)OC)n1. The third kappa shape index (κ3) is 3.19. The molecule has 0 saturated heterocycles. The molecule has 1 aromatic rings. The number of ether oxygens (including phenoxy) is 1. The van der Waals surface area contributed by atoms with Crippen LogP contribution in [0, 0.1) is 0 Å². The van der Waals surface area contributed by atoms with Gasteiger partial charge in [0.2, 0.25) is 0 Å². The maximum atomic E-state index is 11.2. The Morgan fingerprint density at radius 2 is 2.33 bits per heavy atom. The summed E-state index contributed by atoms with van der Waals surface area (Å²) < 4.78 is 4.55. The van der Waals surface area contributed by atoms with E-state index in [9.17, 15) is 4.79 Å². The number of carbonyl (C=O) groups excluding carboxylic acids is 1. The maximum absolute atomic E-state index is 11.2. The molecule has 5 heteroatoms. The quantitative estimate of drug-likeness (QED) is 0.761. The molecule has 1 N–H and O–H groups in total. The first kappa shape index (κ1) is 11.4. The van der Waals surface area contributed by atoms with E-state index in [1.807, 2.05) is 6.92 Å². The van der Waals surface area contributed by atoms with Gasteiger partial charge in [-0.2, -0.15) is 0 Å². The van der Waals surface area contributed by atoms with Crippen molar-refractivity contribution in [3.8, 4) is 0 Å². The Morgan fingerprint density at radius 3 is 2.93 bits per heavy atom. The average Bonchev–Trinajstić information content (AvgIpc) is 2.28. The molecule has 82 valence electrons. The van der Waals surface area contributed by atoms with Gasteiger partial charge in [-0.25, -0.2) is 9.78 Å². The summed E-state index contributed by atoms with van der Waals surface area (Å²) in [6.45, 7) is 4.10. The van der Waals surface area contributed by atoms with Gasteiger partial charge in [0.05, 0.1) is 19.5 Å². The Balaban J connectivity index is 2.78. The fraction of sp³-hybridized carbons (Fsp3) is 0.500. The van der Waals surface area contributed by atoms with Crippen LogP contribution in [-0.2, 0) is 4.74 Å². The molecule has 1 heterocycles. The number of rotatable bonds is 4. The van der Waals surface area contributed by atoms with Gasteiger partial charge in [0.15, 0.2) is 5.69 Å². The van der Waals surface area contributed by atoms with Crippen molar-refractivity contribution in [2.24, 2.45) is 0 Å². The van der Waals surface area contributed by atoms with E-state index in [1.165, 1.54) is 13.3 Å². The molecule has 0 aromatic carbocycles. The summed E-state index contributed by atoms with van der Waals surface area (Å²) in [5, 5.41) is 3.13. The Morgan fingerprint density at radius 1 is 1.60 bits per heavy atom. The normalized spacial score (nSPS) is 11.9. The third-order valence-corrected chi connectivity index (χ3v) is 2.04. The summed E-state index contributed by atoms with van der Waals surface area (Å²) in [7, 11) is 1.32. The van der Waals surface area contributed by atoms with Crippen molar-refractivity contribution in [2.45, 2.75) is 26.3 Å². The number of esters is 1. The molecule has 0 radical (unpaired) electrons. The van der Waals surface area contributed by atoms with E-state index in [0.29, 0.717) is 11.9 Å². The molecule has 0 aliphatic heterocycles. The highest BCUT2D eigenvalue weighted by atomic mass is 16.5. The van der Waals surface area contributed by atoms with Gasteiger partial charge in [-0.05, 0) is 13.3 Å². The lowest BCUT2D eigenvalue weighted by Crippen LogP contribution is -2.16. The molecule has 0 saturated carbocycles. The highest BCUT2D eigenvalue weighted by molar-refractivity contribution is 5.87. The number of nitrogens with zero attached hydrogens (tertiary/aromatic N) is 2. The number of aromatic nitrogens is 2. The van der Waals surface area contributed by atoms with Crippen LogP contribution in [0.15, 0.2) is 12.4 Å². The molecule has 1 aromatic heterocycles. The molecule has 5 nitrogen and oxygen atoms in total. The summed E-state index contributed by atoms with van der Waals surface area (Å²) in [4.78, 5) is 19.2. The van der Waals surface area contributed by atoms with Crippen LogP contribution in [-0.4, -0.2) is 29.1 Å². The molecule has 0 aliphatic rings. The number of methoxy groups -OCH3 is 1. The number of hydrogen-bond acceptors (Lipinski definition) is 5. The van der Waals surface area contributed by atoms with Crippen molar-refractivity contribution in [3.05, 3.63) is 18.1 Å². The predicted molar refractivity (Wildman–Crippen MR) is 56.7 cm³/mol. The van der Waals surface area contributed by atoms with Gasteiger partial charge in [-0.15, -0.1) is 0 Å². The Bertz CT molecular complexity index is 341. The molecule has 0 spiro atoms. The van der Waals surface area contributed by atoms with Crippen molar-refractivity contribution in [1.82, 2.24) is 9.97 Å². The Labute approximate surface area is 88.9 Å². The maximum Gasteiger partial charge on any atom is 0.358 e. The molecular formula is C10H15N3O2. The van der Waals surface area contributed by atoms with E-state index in [-0.39, 0.29) is 5.69 Å². The van der Waals surface area contributed by atoms with Crippen LogP contribution in [0.4, 0.5) is 5.82 Å². The highest BCUT2D eigenvalue weighted by Gasteiger charge is 2.09. The Kier molecular flexibility index (Phi) is 4.03. The summed E-state index contributed by atoms with van der Waals surface area (Å²) >= 11 is 0. The van der Waals surface area contributed by atoms with Crippen LogP contribution in [0.3, 0.4) is 0 Å². The lowest BCUT2D eigenvalue weighted by molar-refractivity contribution is 0.0593. The molecule has 1 rings (SSSR count). The second kappa shape index (κ2) is 5.29. The summed E-state index contributed by atoms with van der Waals surface area (Å²) in [6, 6.07) is 0.298. The third-order valence-electron chi connectivity index (χ3n) is 2.04. The van der Waals surface area contributed by atoms with Crippen LogP contribution in [0.5, 0.6) is 0 Å². The number of anilines is 1. The molecule has 1 unspecified atom stereocenters. The van der Waals surface area contributed by atoms with Crippen molar-refractivity contribution in [3.63, 3.8) is 0 Å². The fourth-order valence-electron chi connectivity index (χ4n) is 0.993. The first-order chi connectivity index (χ1) is 7.17. The first-order valence-corrected chi connectivity index (χ1v) is 4.84. The van der Waals surface area contributed by atoms with Crippen LogP contribution < -0.4 is 5.32 Å². The van der Waals surface area contributed by atoms with Gasteiger partial charge < -0.3 is 10.1 Å². The fourth-order valence-corrected chi connectivity index (χ4v) is 0.993. The smallest absolute Gasteiger partial charge is 0.358 e. The second-order valence-corrected chi connectivity index (χ2v) is 3.23. The molecule has 0 amide bonds.